The minimum atomic E-state index is -0.244. The number of hydrogen-bond acceptors (Lipinski definition) is 9. The number of carbonyl (C=O) groups is 1. The molecule has 0 amide bonds. The molecule has 1 N–H and O–H groups in total. The lowest BCUT2D eigenvalue weighted by atomic mass is 10.0. The Balaban J connectivity index is 1.64. The summed E-state index contributed by atoms with van der Waals surface area (Å²) in [6.45, 7) is 11.2. The fraction of sp³-hybridized carbons (Fsp3) is 0.565. The van der Waals surface area contributed by atoms with Crippen molar-refractivity contribution in [1.29, 1.82) is 0 Å². The fourth-order valence-electron chi connectivity index (χ4n) is 3.89. The highest BCUT2D eigenvalue weighted by Gasteiger charge is 2.21. The number of aromatic nitrogens is 3. The molecule has 1 aliphatic rings. The third-order valence-corrected chi connectivity index (χ3v) is 5.31. The van der Waals surface area contributed by atoms with Gasteiger partial charge in [-0.2, -0.15) is 0 Å². The van der Waals surface area contributed by atoms with Crippen LogP contribution in [0.4, 0.5) is 5.95 Å². The summed E-state index contributed by atoms with van der Waals surface area (Å²) in [7, 11) is 0. The first-order chi connectivity index (χ1) is 15.5. The van der Waals surface area contributed by atoms with Crippen LogP contribution < -0.4 is 10.1 Å². The molecular weight excluding hydrogens is 410 g/mol. The lowest BCUT2D eigenvalue weighted by molar-refractivity contribution is -0.141. The van der Waals surface area contributed by atoms with Crippen LogP contribution in [-0.4, -0.2) is 71.7 Å². The quantitative estimate of drug-likeness (QED) is 0.337. The summed E-state index contributed by atoms with van der Waals surface area (Å²) in [5.41, 5.74) is 3.68. The Bertz CT molecular complexity index is 891. The minimum absolute atomic E-state index is 0.183. The molecule has 9 heteroatoms. The monoisotopic (exact) mass is 443 g/mol. The number of likely N-dealkylation sites (tertiary alicyclic amines) is 1. The van der Waals surface area contributed by atoms with Gasteiger partial charge in [-0.1, -0.05) is 6.07 Å². The zero-order valence-corrected chi connectivity index (χ0v) is 19.4. The van der Waals surface area contributed by atoms with Crippen LogP contribution in [0.25, 0.3) is 11.3 Å². The second-order valence-electron chi connectivity index (χ2n) is 8.00. The first kappa shape index (κ1) is 23.9. The standard InChI is InChI=1S/C23H33N5O4/c1-5-30-15-32-21-12-16(2)11-17(3)22(21)20-13-24-23(27-26-20)25-19-7-6-8-28(14-19)9-10-31-18(4)29/h11-13,19H,5-10,14-15H2,1-4H3,(H,24,25,27)/t19-/m1/s1. The second-order valence-corrected chi connectivity index (χ2v) is 8.00. The summed E-state index contributed by atoms with van der Waals surface area (Å²) in [4.78, 5) is 17.7. The highest BCUT2D eigenvalue weighted by molar-refractivity contribution is 5.71. The molecule has 1 saturated heterocycles. The lowest BCUT2D eigenvalue weighted by Gasteiger charge is -2.32. The van der Waals surface area contributed by atoms with E-state index < -0.39 is 0 Å². The van der Waals surface area contributed by atoms with Gasteiger partial charge in [0.25, 0.3) is 0 Å². The molecule has 32 heavy (non-hydrogen) atoms. The lowest BCUT2D eigenvalue weighted by Crippen LogP contribution is -2.43. The molecule has 2 aromatic rings. The van der Waals surface area contributed by atoms with Crippen LogP contribution in [-0.2, 0) is 14.3 Å². The first-order valence-corrected chi connectivity index (χ1v) is 11.1. The van der Waals surface area contributed by atoms with Gasteiger partial charge in [0.15, 0.2) is 6.79 Å². The Labute approximate surface area is 189 Å². The zero-order chi connectivity index (χ0) is 22.9. The maximum absolute atomic E-state index is 11.0. The van der Waals surface area contributed by atoms with Gasteiger partial charge in [-0.3, -0.25) is 9.69 Å². The summed E-state index contributed by atoms with van der Waals surface area (Å²) < 4.78 is 16.2. The number of esters is 1. The van der Waals surface area contributed by atoms with Crippen molar-refractivity contribution in [2.24, 2.45) is 0 Å². The Kier molecular flexibility index (Phi) is 8.75. The molecule has 0 aliphatic carbocycles. The third-order valence-electron chi connectivity index (χ3n) is 5.31. The molecular formula is C23H33N5O4. The maximum atomic E-state index is 11.0. The molecule has 2 heterocycles. The van der Waals surface area contributed by atoms with E-state index in [2.05, 4.69) is 31.5 Å². The topological polar surface area (TPSA) is 98.7 Å². The molecule has 9 nitrogen and oxygen atoms in total. The minimum Gasteiger partial charge on any atom is -0.467 e. The number of carbonyl (C=O) groups excluding carboxylic acids is 1. The number of benzene rings is 1. The van der Waals surface area contributed by atoms with E-state index in [1.54, 1.807) is 6.20 Å². The molecule has 1 aromatic heterocycles. The SMILES string of the molecule is CCOCOc1cc(C)cc(C)c1-c1cnc(N[C@@H]2CCCN(CCOC(C)=O)C2)nn1. The molecule has 0 spiro atoms. The van der Waals surface area contributed by atoms with Crippen molar-refractivity contribution in [3.63, 3.8) is 0 Å². The molecule has 0 unspecified atom stereocenters. The smallest absolute Gasteiger partial charge is 0.302 e. The van der Waals surface area contributed by atoms with Crippen LogP contribution in [0, 0.1) is 13.8 Å². The van der Waals surface area contributed by atoms with E-state index in [1.165, 1.54) is 6.92 Å². The van der Waals surface area contributed by atoms with Gasteiger partial charge in [0.2, 0.25) is 5.95 Å². The van der Waals surface area contributed by atoms with Gasteiger partial charge in [0.05, 0.1) is 6.20 Å². The summed E-state index contributed by atoms with van der Waals surface area (Å²) in [6, 6.07) is 4.28. The normalized spacial score (nSPS) is 16.6. The Morgan fingerprint density at radius 3 is 2.84 bits per heavy atom. The van der Waals surface area contributed by atoms with Gasteiger partial charge in [-0.15, -0.1) is 10.2 Å². The molecule has 0 radical (unpaired) electrons. The van der Waals surface area contributed by atoms with Crippen molar-refractivity contribution in [2.45, 2.75) is 46.6 Å². The molecule has 0 bridgehead atoms. The van der Waals surface area contributed by atoms with Gasteiger partial charge >= 0.3 is 5.97 Å². The predicted molar refractivity (Wildman–Crippen MR) is 122 cm³/mol. The van der Waals surface area contributed by atoms with Crippen LogP contribution >= 0.6 is 0 Å². The summed E-state index contributed by atoms with van der Waals surface area (Å²) in [5, 5.41) is 12.1. The Morgan fingerprint density at radius 2 is 2.12 bits per heavy atom. The molecule has 174 valence electrons. The van der Waals surface area contributed by atoms with Gasteiger partial charge in [-0.25, -0.2) is 4.98 Å². The van der Waals surface area contributed by atoms with Crippen LogP contribution in [0.3, 0.4) is 0 Å². The van der Waals surface area contributed by atoms with Crippen molar-refractivity contribution < 1.29 is 19.0 Å². The Hall–Kier alpha value is -2.78. The van der Waals surface area contributed by atoms with E-state index in [0.29, 0.717) is 30.6 Å². The van der Waals surface area contributed by atoms with Crippen molar-refractivity contribution in [2.75, 3.05) is 45.0 Å². The van der Waals surface area contributed by atoms with E-state index in [1.807, 2.05) is 26.8 Å². The van der Waals surface area contributed by atoms with E-state index >= 15 is 0 Å². The fourth-order valence-corrected chi connectivity index (χ4v) is 3.89. The average Bonchev–Trinajstić information content (AvgIpc) is 2.75. The zero-order valence-electron chi connectivity index (χ0n) is 19.4. The Morgan fingerprint density at radius 1 is 1.28 bits per heavy atom. The van der Waals surface area contributed by atoms with Crippen molar-refractivity contribution in [3.05, 3.63) is 29.5 Å². The number of hydrogen-bond donors (Lipinski definition) is 1. The number of rotatable bonds is 10. The van der Waals surface area contributed by atoms with E-state index in [9.17, 15) is 4.79 Å². The van der Waals surface area contributed by atoms with Crippen LogP contribution in [0.5, 0.6) is 5.75 Å². The molecule has 1 atom stereocenters. The van der Waals surface area contributed by atoms with Gasteiger partial charge < -0.3 is 19.5 Å². The third kappa shape index (κ3) is 6.86. The van der Waals surface area contributed by atoms with Crippen molar-refractivity contribution >= 4 is 11.9 Å². The first-order valence-electron chi connectivity index (χ1n) is 11.1. The van der Waals surface area contributed by atoms with E-state index in [0.717, 1.165) is 49.2 Å². The molecule has 1 fully saturated rings. The number of nitrogens with one attached hydrogen (secondary N) is 1. The maximum Gasteiger partial charge on any atom is 0.302 e. The molecule has 1 aliphatic heterocycles. The van der Waals surface area contributed by atoms with Crippen LogP contribution in [0.15, 0.2) is 18.3 Å². The number of aryl methyl sites for hydroxylation is 2. The number of nitrogens with zero attached hydrogens (tertiary/aromatic N) is 4. The number of piperidine rings is 1. The summed E-state index contributed by atoms with van der Waals surface area (Å²) >= 11 is 0. The highest BCUT2D eigenvalue weighted by Crippen LogP contribution is 2.33. The molecule has 0 saturated carbocycles. The summed E-state index contributed by atoms with van der Waals surface area (Å²) in [5.74, 6) is 0.970. The number of ether oxygens (including phenoxy) is 3. The average molecular weight is 444 g/mol. The van der Waals surface area contributed by atoms with E-state index in [-0.39, 0.29) is 18.8 Å². The number of anilines is 1. The van der Waals surface area contributed by atoms with Crippen molar-refractivity contribution in [3.8, 4) is 17.0 Å². The largest absolute Gasteiger partial charge is 0.467 e. The molecule has 3 rings (SSSR count). The summed E-state index contributed by atoms with van der Waals surface area (Å²) in [6.07, 6.45) is 3.82. The highest BCUT2D eigenvalue weighted by atomic mass is 16.7. The predicted octanol–water partition coefficient (Wildman–Crippen LogP) is 2.97. The van der Waals surface area contributed by atoms with Crippen LogP contribution in [0.1, 0.15) is 37.8 Å². The van der Waals surface area contributed by atoms with E-state index in [4.69, 9.17) is 14.2 Å². The van der Waals surface area contributed by atoms with Gasteiger partial charge in [0, 0.05) is 38.2 Å². The van der Waals surface area contributed by atoms with Gasteiger partial charge in [0.1, 0.15) is 18.1 Å². The molecule has 1 aromatic carbocycles. The second kappa shape index (κ2) is 11.7. The van der Waals surface area contributed by atoms with Crippen LogP contribution in [0.2, 0.25) is 0 Å². The van der Waals surface area contributed by atoms with Crippen molar-refractivity contribution in [1.82, 2.24) is 20.1 Å². The van der Waals surface area contributed by atoms with Gasteiger partial charge in [-0.05, 0) is 57.4 Å².